The second-order valence-corrected chi connectivity index (χ2v) is 5.86. The van der Waals surface area contributed by atoms with Crippen molar-refractivity contribution < 1.29 is 0 Å². The first kappa shape index (κ1) is 13.0. The lowest BCUT2D eigenvalue weighted by atomic mass is 10.1. The van der Waals surface area contributed by atoms with E-state index >= 15 is 0 Å². The summed E-state index contributed by atoms with van der Waals surface area (Å²) in [6.07, 6.45) is 1.17. The monoisotopic (exact) mass is 266 g/mol. The van der Waals surface area contributed by atoms with Gasteiger partial charge in [-0.15, -0.1) is 0 Å². The third kappa shape index (κ3) is 2.64. The van der Waals surface area contributed by atoms with Crippen molar-refractivity contribution in [3.8, 4) is 0 Å². The Labute approximate surface area is 121 Å². The summed E-state index contributed by atoms with van der Waals surface area (Å²) in [5.41, 5.74) is 8.05. The minimum Gasteiger partial charge on any atom is -0.381 e. The van der Waals surface area contributed by atoms with Gasteiger partial charge in [0, 0.05) is 31.5 Å². The van der Waals surface area contributed by atoms with E-state index in [1.165, 1.54) is 40.0 Å². The van der Waals surface area contributed by atoms with Crippen LogP contribution in [0.2, 0.25) is 0 Å². The molecule has 0 spiro atoms. The molecule has 0 atom stereocenters. The highest BCUT2D eigenvalue weighted by Crippen LogP contribution is 2.27. The van der Waals surface area contributed by atoms with E-state index in [2.05, 4.69) is 67.5 Å². The molecule has 2 nitrogen and oxygen atoms in total. The summed E-state index contributed by atoms with van der Waals surface area (Å²) in [6, 6.07) is 13.4. The lowest BCUT2D eigenvalue weighted by Gasteiger charge is -2.13. The van der Waals surface area contributed by atoms with Gasteiger partial charge in [-0.05, 0) is 60.7 Å². The number of hydrogen-bond donors (Lipinski definition) is 1. The quantitative estimate of drug-likeness (QED) is 0.906. The molecule has 1 aliphatic heterocycles. The van der Waals surface area contributed by atoms with Crippen LogP contribution >= 0.6 is 0 Å². The minimum absolute atomic E-state index is 0.889. The lowest BCUT2D eigenvalue weighted by Crippen LogP contribution is -2.12. The third-order valence-electron chi connectivity index (χ3n) is 3.99. The van der Waals surface area contributed by atoms with Gasteiger partial charge in [0.2, 0.25) is 0 Å². The Morgan fingerprint density at radius 1 is 1.05 bits per heavy atom. The smallest absolute Gasteiger partial charge is 0.0400 e. The maximum Gasteiger partial charge on any atom is 0.0400 e. The average molecular weight is 266 g/mol. The molecular weight excluding hydrogens is 244 g/mol. The van der Waals surface area contributed by atoms with Crippen molar-refractivity contribution in [3.63, 3.8) is 0 Å². The Kier molecular flexibility index (Phi) is 3.39. The predicted octanol–water partition coefficient (Wildman–Crippen LogP) is 3.91. The summed E-state index contributed by atoms with van der Waals surface area (Å²) in [6.45, 7) is 6.32. The van der Waals surface area contributed by atoms with Gasteiger partial charge in [0.25, 0.3) is 0 Å². The fraction of sp³-hybridized carbons (Fsp3) is 0.333. The Morgan fingerprint density at radius 3 is 2.55 bits per heavy atom. The van der Waals surface area contributed by atoms with E-state index in [9.17, 15) is 0 Å². The van der Waals surface area contributed by atoms with Crippen LogP contribution in [-0.4, -0.2) is 13.6 Å². The summed E-state index contributed by atoms with van der Waals surface area (Å²) < 4.78 is 0. The van der Waals surface area contributed by atoms with E-state index in [1.807, 2.05) is 0 Å². The van der Waals surface area contributed by atoms with Gasteiger partial charge in [-0.2, -0.15) is 0 Å². The zero-order chi connectivity index (χ0) is 14.1. The van der Waals surface area contributed by atoms with Gasteiger partial charge in [0.1, 0.15) is 0 Å². The zero-order valence-electron chi connectivity index (χ0n) is 12.5. The Hall–Kier alpha value is -1.96. The van der Waals surface area contributed by atoms with Crippen molar-refractivity contribution in [2.24, 2.45) is 0 Å². The van der Waals surface area contributed by atoms with Gasteiger partial charge in [-0.1, -0.05) is 18.2 Å². The van der Waals surface area contributed by atoms with Crippen molar-refractivity contribution in [1.29, 1.82) is 0 Å². The van der Waals surface area contributed by atoms with Crippen molar-refractivity contribution in [2.45, 2.75) is 26.8 Å². The molecule has 2 heteroatoms. The molecule has 0 bridgehead atoms. The summed E-state index contributed by atoms with van der Waals surface area (Å²) >= 11 is 0. The first-order valence-corrected chi connectivity index (χ1v) is 7.27. The van der Waals surface area contributed by atoms with Crippen molar-refractivity contribution in [2.75, 3.05) is 23.8 Å². The molecule has 20 heavy (non-hydrogen) atoms. The number of benzene rings is 2. The van der Waals surface area contributed by atoms with Crippen molar-refractivity contribution in [3.05, 3.63) is 58.7 Å². The van der Waals surface area contributed by atoms with Crippen LogP contribution in [0, 0.1) is 13.8 Å². The average Bonchev–Trinajstić information content (AvgIpc) is 2.77. The van der Waals surface area contributed by atoms with Crippen molar-refractivity contribution >= 4 is 11.4 Å². The molecule has 1 aliphatic rings. The first-order valence-electron chi connectivity index (χ1n) is 7.27. The van der Waals surface area contributed by atoms with Gasteiger partial charge in [0.15, 0.2) is 0 Å². The number of fused-ring (bicyclic) bond motifs is 1. The van der Waals surface area contributed by atoms with Crippen LogP contribution in [-0.2, 0) is 13.0 Å². The van der Waals surface area contributed by atoms with Crippen LogP contribution < -0.4 is 10.2 Å². The van der Waals surface area contributed by atoms with E-state index in [1.54, 1.807) is 0 Å². The van der Waals surface area contributed by atoms with Crippen LogP contribution in [0.3, 0.4) is 0 Å². The largest absolute Gasteiger partial charge is 0.381 e. The molecule has 0 saturated heterocycles. The molecule has 0 fully saturated rings. The Morgan fingerprint density at radius 2 is 1.80 bits per heavy atom. The van der Waals surface area contributed by atoms with Crippen LogP contribution in [0.1, 0.15) is 22.3 Å². The van der Waals surface area contributed by atoms with Crippen LogP contribution in [0.15, 0.2) is 36.4 Å². The summed E-state index contributed by atoms with van der Waals surface area (Å²) in [4.78, 5) is 2.33. The molecule has 0 aliphatic carbocycles. The number of nitrogens with one attached hydrogen (secondary N) is 1. The van der Waals surface area contributed by atoms with Crippen LogP contribution in [0.5, 0.6) is 0 Å². The molecule has 2 aromatic carbocycles. The number of nitrogens with zero attached hydrogens (tertiary/aromatic N) is 1. The minimum atomic E-state index is 0.889. The molecule has 0 radical (unpaired) electrons. The Bertz CT molecular complexity index is 611. The first-order chi connectivity index (χ1) is 9.61. The van der Waals surface area contributed by atoms with Crippen LogP contribution in [0.4, 0.5) is 11.4 Å². The van der Waals surface area contributed by atoms with Crippen molar-refractivity contribution in [1.82, 2.24) is 0 Å². The lowest BCUT2D eigenvalue weighted by molar-refractivity contribution is 0.955. The summed E-state index contributed by atoms with van der Waals surface area (Å²) in [5.74, 6) is 0. The van der Waals surface area contributed by atoms with E-state index < -0.39 is 0 Å². The molecule has 1 N–H and O–H groups in total. The normalized spacial score (nSPS) is 13.4. The highest BCUT2D eigenvalue weighted by molar-refractivity contribution is 5.59. The van der Waals surface area contributed by atoms with E-state index in [-0.39, 0.29) is 0 Å². The predicted molar refractivity (Wildman–Crippen MR) is 86.7 cm³/mol. The van der Waals surface area contributed by atoms with Gasteiger partial charge < -0.3 is 10.2 Å². The number of rotatable bonds is 3. The Balaban J connectivity index is 1.72. The summed E-state index contributed by atoms with van der Waals surface area (Å²) in [5, 5.41) is 3.53. The summed E-state index contributed by atoms with van der Waals surface area (Å²) in [7, 11) is 2.17. The molecule has 0 amide bonds. The maximum absolute atomic E-state index is 3.53. The fourth-order valence-corrected chi connectivity index (χ4v) is 3.01. The van der Waals surface area contributed by atoms with E-state index in [4.69, 9.17) is 0 Å². The molecular formula is C18H22N2. The van der Waals surface area contributed by atoms with Crippen LogP contribution in [0.25, 0.3) is 0 Å². The van der Waals surface area contributed by atoms with Gasteiger partial charge in [-0.3, -0.25) is 0 Å². The zero-order valence-corrected chi connectivity index (χ0v) is 12.5. The topological polar surface area (TPSA) is 15.3 Å². The number of likely N-dealkylation sites (N-methyl/N-ethyl adjacent to an activating group) is 1. The third-order valence-corrected chi connectivity index (χ3v) is 3.99. The van der Waals surface area contributed by atoms with E-state index in [0.29, 0.717) is 0 Å². The molecule has 104 valence electrons. The van der Waals surface area contributed by atoms with Gasteiger partial charge in [-0.25, -0.2) is 0 Å². The molecule has 2 aromatic rings. The molecule has 0 saturated carbocycles. The maximum atomic E-state index is 3.53. The fourth-order valence-electron chi connectivity index (χ4n) is 3.01. The number of aryl methyl sites for hydroxylation is 2. The van der Waals surface area contributed by atoms with Gasteiger partial charge >= 0.3 is 0 Å². The molecule has 1 heterocycles. The molecule has 0 unspecified atom stereocenters. The second-order valence-electron chi connectivity index (χ2n) is 5.86. The SMILES string of the molecule is Cc1cc(C)cc(NCc2ccc3c(c2)CCN3C)c1. The second kappa shape index (κ2) is 5.20. The highest BCUT2D eigenvalue weighted by Gasteiger charge is 2.15. The van der Waals surface area contributed by atoms with Gasteiger partial charge in [0.05, 0.1) is 0 Å². The standard InChI is InChI=1S/C18H22N2/c1-13-8-14(2)10-17(9-13)19-12-15-4-5-18-16(11-15)6-7-20(18)3/h4-5,8-11,19H,6-7,12H2,1-3H3. The number of anilines is 2. The number of hydrogen-bond acceptors (Lipinski definition) is 2. The highest BCUT2D eigenvalue weighted by atomic mass is 15.1. The molecule has 0 aromatic heterocycles. The van der Waals surface area contributed by atoms with E-state index in [0.717, 1.165) is 13.1 Å². The molecule has 3 rings (SSSR count).